The minimum absolute atomic E-state index is 0.0971. The fraction of sp³-hybridized carbons (Fsp3) is 0.261. The van der Waals surface area contributed by atoms with Crippen molar-refractivity contribution in [2.45, 2.75) is 13.0 Å². The Morgan fingerprint density at radius 3 is 2.32 bits per heavy atom. The summed E-state index contributed by atoms with van der Waals surface area (Å²) < 4.78 is 2.16. The molecule has 1 aromatic heterocycles. The van der Waals surface area contributed by atoms with E-state index in [1.54, 1.807) is 0 Å². The summed E-state index contributed by atoms with van der Waals surface area (Å²) in [5, 5.41) is 15.9. The van der Waals surface area contributed by atoms with Gasteiger partial charge in [-0.15, -0.1) is 0 Å². The van der Waals surface area contributed by atoms with Gasteiger partial charge >= 0.3 is 11.9 Å². The van der Waals surface area contributed by atoms with E-state index < -0.39 is 11.9 Å². The molecule has 2 heterocycles. The Morgan fingerprint density at radius 2 is 1.65 bits per heavy atom. The molecule has 8 heteroatoms. The number of anilines is 1. The molecule has 0 unspecified atom stereocenters. The number of fused-ring (bicyclic) bond motifs is 4. The van der Waals surface area contributed by atoms with Crippen molar-refractivity contribution in [1.29, 1.82) is 0 Å². The largest absolute Gasteiger partial charge is 0.473 e. The lowest BCUT2D eigenvalue weighted by Crippen LogP contribution is -2.33. The van der Waals surface area contributed by atoms with Crippen molar-refractivity contribution >= 4 is 34.4 Å². The third-order valence-corrected chi connectivity index (χ3v) is 5.06. The van der Waals surface area contributed by atoms with Crippen molar-refractivity contribution in [3.63, 3.8) is 0 Å². The number of aromatic nitrogens is 1. The molecule has 8 nitrogen and oxygen atoms in total. The van der Waals surface area contributed by atoms with Crippen LogP contribution < -0.4 is 4.90 Å². The van der Waals surface area contributed by atoms with E-state index in [1.165, 1.54) is 5.56 Å². The third-order valence-electron chi connectivity index (χ3n) is 5.06. The Labute approximate surface area is 179 Å². The zero-order chi connectivity index (χ0) is 22.5. The van der Waals surface area contributed by atoms with Crippen LogP contribution in [0.1, 0.15) is 22.5 Å². The fourth-order valence-electron chi connectivity index (χ4n) is 3.65. The monoisotopic (exact) mass is 423 g/mol. The lowest BCUT2D eigenvalue weighted by Gasteiger charge is -2.23. The maximum Gasteiger partial charge on any atom is 0.414 e. The highest BCUT2D eigenvalue weighted by Gasteiger charge is 2.27. The van der Waals surface area contributed by atoms with Gasteiger partial charge in [0.1, 0.15) is 5.69 Å². The Hall–Kier alpha value is -3.65. The number of hydrogen-bond acceptors (Lipinski definition) is 4. The normalized spacial score (nSPS) is 12.6. The van der Waals surface area contributed by atoms with Gasteiger partial charge in [-0.2, -0.15) is 0 Å². The summed E-state index contributed by atoms with van der Waals surface area (Å²) in [5.74, 6) is -3.55. The second kappa shape index (κ2) is 9.44. The predicted octanol–water partition coefficient (Wildman–Crippen LogP) is 2.76. The number of aliphatic carboxylic acids is 2. The highest BCUT2D eigenvalue weighted by atomic mass is 16.4. The molecule has 162 valence electrons. The summed E-state index contributed by atoms with van der Waals surface area (Å²) in [6.07, 6.45) is 0.952. The number of nitrogens with zero attached hydrogens (tertiary/aromatic N) is 3. The molecular formula is C23H25N3O5. The third kappa shape index (κ3) is 4.92. The van der Waals surface area contributed by atoms with Crippen LogP contribution in [-0.2, 0) is 16.1 Å². The maximum atomic E-state index is 13.3. The highest BCUT2D eigenvalue weighted by molar-refractivity contribution is 6.27. The van der Waals surface area contributed by atoms with Gasteiger partial charge in [-0.25, -0.2) is 9.59 Å². The van der Waals surface area contributed by atoms with E-state index in [1.807, 2.05) is 29.2 Å². The average molecular weight is 423 g/mol. The minimum atomic E-state index is -1.82. The molecule has 0 radical (unpaired) electrons. The number of benzene rings is 2. The molecule has 0 atom stereocenters. The smallest absolute Gasteiger partial charge is 0.414 e. The second-order valence-corrected chi connectivity index (χ2v) is 7.53. The number of carbonyl (C=O) groups is 3. The molecule has 0 aliphatic carbocycles. The molecule has 1 amide bonds. The molecule has 0 bridgehead atoms. The van der Waals surface area contributed by atoms with Crippen molar-refractivity contribution in [1.82, 2.24) is 9.47 Å². The quantitative estimate of drug-likeness (QED) is 0.626. The van der Waals surface area contributed by atoms with Crippen molar-refractivity contribution in [3.8, 4) is 0 Å². The number of amides is 1. The molecule has 3 aromatic rings. The van der Waals surface area contributed by atoms with Gasteiger partial charge in [0, 0.05) is 23.1 Å². The molecular weight excluding hydrogens is 398 g/mol. The van der Waals surface area contributed by atoms with Gasteiger partial charge in [0.2, 0.25) is 0 Å². The van der Waals surface area contributed by atoms with Crippen molar-refractivity contribution in [3.05, 3.63) is 65.9 Å². The van der Waals surface area contributed by atoms with E-state index in [9.17, 15) is 4.79 Å². The van der Waals surface area contributed by atoms with Crippen LogP contribution in [0.15, 0.2) is 54.6 Å². The van der Waals surface area contributed by atoms with Crippen LogP contribution >= 0.6 is 0 Å². The van der Waals surface area contributed by atoms with Gasteiger partial charge in [-0.3, -0.25) is 4.79 Å². The SMILES string of the molecule is CN(C)CCCN1C(=O)c2cc3ccccc3n2Cc2ccccc21.O=C(O)C(=O)O. The van der Waals surface area contributed by atoms with Gasteiger partial charge < -0.3 is 24.6 Å². The molecule has 0 saturated heterocycles. The first-order chi connectivity index (χ1) is 14.8. The van der Waals surface area contributed by atoms with Crippen molar-refractivity contribution < 1.29 is 24.6 Å². The van der Waals surface area contributed by atoms with E-state index in [4.69, 9.17) is 19.8 Å². The molecule has 31 heavy (non-hydrogen) atoms. The number of rotatable bonds is 4. The summed E-state index contributed by atoms with van der Waals surface area (Å²) in [6, 6.07) is 18.5. The van der Waals surface area contributed by atoms with Gasteiger partial charge in [-0.1, -0.05) is 36.4 Å². The zero-order valence-corrected chi connectivity index (χ0v) is 17.5. The Kier molecular flexibility index (Phi) is 6.71. The van der Waals surface area contributed by atoms with Gasteiger partial charge in [0.05, 0.1) is 6.54 Å². The highest BCUT2D eigenvalue weighted by Crippen LogP contribution is 2.31. The molecule has 0 saturated carbocycles. The Bertz CT molecular complexity index is 1110. The number of carboxylic acid groups (broad SMARTS) is 2. The molecule has 2 aromatic carbocycles. The van der Waals surface area contributed by atoms with E-state index in [2.05, 4.69) is 53.9 Å². The summed E-state index contributed by atoms with van der Waals surface area (Å²) in [6.45, 7) is 2.43. The van der Waals surface area contributed by atoms with Crippen LogP contribution in [0.25, 0.3) is 10.9 Å². The zero-order valence-electron chi connectivity index (χ0n) is 17.5. The van der Waals surface area contributed by atoms with Crippen LogP contribution in [-0.4, -0.2) is 64.7 Å². The summed E-state index contributed by atoms with van der Waals surface area (Å²) in [5.41, 5.74) is 4.14. The molecule has 0 spiro atoms. The Balaban J connectivity index is 0.000000401. The van der Waals surface area contributed by atoms with Gasteiger partial charge in [0.25, 0.3) is 5.91 Å². The summed E-state index contributed by atoms with van der Waals surface area (Å²) in [4.78, 5) is 35.6. The fourth-order valence-corrected chi connectivity index (χ4v) is 3.65. The number of carboxylic acids is 2. The maximum absolute atomic E-state index is 13.3. The van der Waals surface area contributed by atoms with Crippen LogP contribution in [0, 0.1) is 0 Å². The lowest BCUT2D eigenvalue weighted by atomic mass is 10.1. The second-order valence-electron chi connectivity index (χ2n) is 7.53. The molecule has 1 aliphatic rings. The number of hydrogen-bond donors (Lipinski definition) is 2. The lowest BCUT2D eigenvalue weighted by molar-refractivity contribution is -0.159. The molecule has 4 rings (SSSR count). The van der Waals surface area contributed by atoms with Gasteiger partial charge in [0.15, 0.2) is 0 Å². The van der Waals surface area contributed by atoms with Crippen molar-refractivity contribution in [2.24, 2.45) is 0 Å². The minimum Gasteiger partial charge on any atom is -0.473 e. The van der Waals surface area contributed by atoms with Crippen molar-refractivity contribution in [2.75, 3.05) is 32.1 Å². The van der Waals surface area contributed by atoms with E-state index >= 15 is 0 Å². The Morgan fingerprint density at radius 1 is 1.00 bits per heavy atom. The van der Waals surface area contributed by atoms with E-state index in [0.717, 1.165) is 48.3 Å². The van der Waals surface area contributed by atoms with Crippen LogP contribution in [0.4, 0.5) is 5.69 Å². The topological polar surface area (TPSA) is 103 Å². The summed E-state index contributed by atoms with van der Waals surface area (Å²) in [7, 11) is 4.13. The van der Waals surface area contributed by atoms with Gasteiger partial charge in [-0.05, 0) is 50.8 Å². The van der Waals surface area contributed by atoms with E-state index in [-0.39, 0.29) is 5.91 Å². The van der Waals surface area contributed by atoms with Crippen LogP contribution in [0.3, 0.4) is 0 Å². The first kappa shape index (κ1) is 22.0. The molecule has 2 N–H and O–H groups in total. The summed E-state index contributed by atoms with van der Waals surface area (Å²) >= 11 is 0. The molecule has 0 fully saturated rings. The van der Waals surface area contributed by atoms with E-state index in [0.29, 0.717) is 0 Å². The average Bonchev–Trinajstić information content (AvgIpc) is 3.05. The standard InChI is InChI=1S/C21H23N3O.C2H2O4/c1-22(2)12-7-13-23-19-11-6-4-9-17(19)15-24-18-10-5-3-8-16(18)14-20(24)21(23)25;3-1(4)2(5)6/h3-6,8-11,14H,7,12-13,15H2,1-2H3;(H,3,4)(H,5,6). The first-order valence-corrected chi connectivity index (χ1v) is 9.88. The molecule has 1 aliphatic heterocycles. The van der Waals surface area contributed by atoms with Crippen LogP contribution in [0.2, 0.25) is 0 Å². The first-order valence-electron chi connectivity index (χ1n) is 9.88. The number of carbonyl (C=O) groups excluding carboxylic acids is 1. The predicted molar refractivity (Wildman–Crippen MR) is 118 cm³/mol. The van der Waals surface area contributed by atoms with Crippen LogP contribution in [0.5, 0.6) is 0 Å². The number of para-hydroxylation sites is 2.